The zero-order valence-electron chi connectivity index (χ0n) is 23.3. The molecule has 1 N–H and O–H groups in total. The largest absolute Gasteiger partial charge is 0.350 e. The lowest BCUT2D eigenvalue weighted by Gasteiger charge is -2.35. The highest BCUT2D eigenvalue weighted by atomic mass is 35.5. The van der Waals surface area contributed by atoms with Crippen molar-refractivity contribution < 1.29 is 18.0 Å². The van der Waals surface area contributed by atoms with E-state index in [1.165, 1.54) is 17.0 Å². The molecule has 0 spiro atoms. The van der Waals surface area contributed by atoms with Crippen molar-refractivity contribution >= 4 is 50.7 Å². The molecule has 2 amide bonds. The summed E-state index contributed by atoms with van der Waals surface area (Å²) in [7, 11) is -4.18. The van der Waals surface area contributed by atoms with Crippen molar-refractivity contribution in [3.63, 3.8) is 0 Å². The molecule has 3 aromatic rings. The van der Waals surface area contributed by atoms with Gasteiger partial charge >= 0.3 is 0 Å². The molecule has 0 aliphatic rings. The van der Waals surface area contributed by atoms with E-state index < -0.39 is 34.1 Å². The molecule has 0 fully saturated rings. The molecule has 0 aromatic heterocycles. The van der Waals surface area contributed by atoms with Crippen LogP contribution in [0.4, 0.5) is 5.69 Å². The lowest BCUT2D eigenvalue weighted by molar-refractivity contribution is -0.141. The standard InChI is InChI=1S/C30H35Cl2N3O4S/c1-6-26(29(37)33-30(3,4)5)34(19-22-13-10-11-16-25(22)32)28(36)20-35(27-18-12-17-24(31)21(27)2)40(38,39)23-14-8-7-9-15-23/h7-18,26H,6,19-20H2,1-5H3,(H,33,37)/t26-/m0/s1. The van der Waals surface area contributed by atoms with Crippen LogP contribution >= 0.6 is 23.2 Å². The second-order valence-electron chi connectivity index (χ2n) is 10.5. The van der Waals surface area contributed by atoms with Crippen LogP contribution in [-0.4, -0.2) is 43.3 Å². The van der Waals surface area contributed by atoms with Crippen LogP contribution in [0.25, 0.3) is 0 Å². The first-order valence-electron chi connectivity index (χ1n) is 12.9. The summed E-state index contributed by atoms with van der Waals surface area (Å²) < 4.78 is 28.9. The lowest BCUT2D eigenvalue weighted by Crippen LogP contribution is -2.55. The van der Waals surface area contributed by atoms with Crippen LogP contribution in [0.3, 0.4) is 0 Å². The monoisotopic (exact) mass is 603 g/mol. The summed E-state index contributed by atoms with van der Waals surface area (Å²) in [5.74, 6) is -0.901. The van der Waals surface area contributed by atoms with Crippen molar-refractivity contribution in [2.45, 2.75) is 64.1 Å². The summed E-state index contributed by atoms with van der Waals surface area (Å²) in [5, 5.41) is 3.75. The van der Waals surface area contributed by atoms with Gasteiger partial charge in [-0.1, -0.05) is 72.6 Å². The molecule has 0 radical (unpaired) electrons. The number of rotatable bonds is 10. The number of carbonyl (C=O) groups excluding carboxylic acids is 2. The van der Waals surface area contributed by atoms with Crippen LogP contribution in [0.1, 0.15) is 45.2 Å². The molecule has 0 bridgehead atoms. The summed E-state index contributed by atoms with van der Waals surface area (Å²) in [6.07, 6.45) is 0.305. The maximum atomic E-state index is 14.2. The average molecular weight is 605 g/mol. The number of halogens is 2. The van der Waals surface area contributed by atoms with Crippen molar-refractivity contribution in [1.29, 1.82) is 0 Å². The Hall–Kier alpha value is -3.07. The van der Waals surface area contributed by atoms with E-state index in [9.17, 15) is 18.0 Å². The van der Waals surface area contributed by atoms with Crippen molar-refractivity contribution in [3.8, 4) is 0 Å². The molecular formula is C30H35Cl2N3O4S. The number of sulfonamides is 1. The van der Waals surface area contributed by atoms with Gasteiger partial charge in [0.1, 0.15) is 12.6 Å². The van der Waals surface area contributed by atoms with Gasteiger partial charge in [-0.15, -0.1) is 0 Å². The molecule has 0 aliphatic carbocycles. The molecule has 0 aliphatic heterocycles. The fourth-order valence-corrected chi connectivity index (χ4v) is 6.14. The van der Waals surface area contributed by atoms with Crippen molar-refractivity contribution in [3.05, 3.63) is 94.0 Å². The van der Waals surface area contributed by atoms with Gasteiger partial charge in [-0.25, -0.2) is 8.42 Å². The SMILES string of the molecule is CC[C@@H](C(=O)NC(C)(C)C)N(Cc1ccccc1Cl)C(=O)CN(c1cccc(Cl)c1C)S(=O)(=O)c1ccccc1. The van der Waals surface area contributed by atoms with Crippen molar-refractivity contribution in [2.24, 2.45) is 0 Å². The molecule has 7 nitrogen and oxygen atoms in total. The van der Waals surface area contributed by atoms with Gasteiger partial charge in [-0.2, -0.15) is 0 Å². The maximum absolute atomic E-state index is 14.2. The first kappa shape index (κ1) is 31.5. The van der Waals surface area contributed by atoms with Gasteiger partial charge in [0.25, 0.3) is 10.0 Å². The second-order valence-corrected chi connectivity index (χ2v) is 13.2. The van der Waals surface area contributed by atoms with Crippen LogP contribution < -0.4 is 9.62 Å². The summed E-state index contributed by atoms with van der Waals surface area (Å²) in [4.78, 5) is 29.0. The van der Waals surface area contributed by atoms with E-state index in [0.29, 0.717) is 27.6 Å². The Morgan fingerprint density at radius 2 is 1.50 bits per heavy atom. The van der Waals surface area contributed by atoms with E-state index >= 15 is 0 Å². The van der Waals surface area contributed by atoms with Crippen LogP contribution in [0.15, 0.2) is 77.7 Å². The molecular weight excluding hydrogens is 569 g/mol. The van der Waals surface area contributed by atoms with E-state index in [-0.39, 0.29) is 23.0 Å². The minimum Gasteiger partial charge on any atom is -0.350 e. The summed E-state index contributed by atoms with van der Waals surface area (Å²) >= 11 is 12.8. The molecule has 1 atom stereocenters. The molecule has 214 valence electrons. The highest BCUT2D eigenvalue weighted by Crippen LogP contribution is 2.31. The van der Waals surface area contributed by atoms with Gasteiger partial charge in [0.05, 0.1) is 10.6 Å². The van der Waals surface area contributed by atoms with Gasteiger partial charge in [0, 0.05) is 22.1 Å². The number of benzene rings is 3. The van der Waals surface area contributed by atoms with Gasteiger partial charge in [-0.05, 0) is 75.6 Å². The summed E-state index contributed by atoms with van der Waals surface area (Å²) in [6.45, 7) is 8.53. The first-order chi connectivity index (χ1) is 18.8. The average Bonchev–Trinajstić information content (AvgIpc) is 2.89. The van der Waals surface area contributed by atoms with Gasteiger partial charge in [0.15, 0.2) is 0 Å². The first-order valence-corrected chi connectivity index (χ1v) is 15.1. The molecule has 10 heteroatoms. The van der Waals surface area contributed by atoms with E-state index in [1.807, 2.05) is 20.8 Å². The van der Waals surface area contributed by atoms with E-state index in [0.717, 1.165) is 4.31 Å². The Kier molecular flexibility index (Phi) is 10.3. The molecule has 40 heavy (non-hydrogen) atoms. The molecule has 0 saturated heterocycles. The molecule has 0 saturated carbocycles. The number of carbonyl (C=O) groups is 2. The van der Waals surface area contributed by atoms with Crippen LogP contribution in [0.2, 0.25) is 10.0 Å². The van der Waals surface area contributed by atoms with Gasteiger partial charge in [-0.3, -0.25) is 13.9 Å². The Morgan fingerprint density at radius 3 is 2.10 bits per heavy atom. The Morgan fingerprint density at radius 1 is 0.900 bits per heavy atom. The lowest BCUT2D eigenvalue weighted by atomic mass is 10.1. The van der Waals surface area contributed by atoms with Gasteiger partial charge in [0.2, 0.25) is 11.8 Å². The van der Waals surface area contributed by atoms with Crippen LogP contribution in [0.5, 0.6) is 0 Å². The minimum absolute atomic E-state index is 0.0162. The summed E-state index contributed by atoms with van der Waals surface area (Å²) in [5.41, 5.74) is 0.877. The number of anilines is 1. The molecule has 3 aromatic carbocycles. The molecule has 0 heterocycles. The zero-order valence-corrected chi connectivity index (χ0v) is 25.6. The predicted molar refractivity (Wildman–Crippen MR) is 161 cm³/mol. The predicted octanol–water partition coefficient (Wildman–Crippen LogP) is 6.22. The molecule has 3 rings (SSSR count). The minimum atomic E-state index is -4.18. The Bertz CT molecular complexity index is 1460. The van der Waals surface area contributed by atoms with Crippen LogP contribution in [-0.2, 0) is 26.2 Å². The normalized spacial score (nSPS) is 12.5. The van der Waals surface area contributed by atoms with E-state index in [2.05, 4.69) is 5.32 Å². The quantitative estimate of drug-likeness (QED) is 0.298. The Labute approximate surface area is 247 Å². The molecule has 0 unspecified atom stereocenters. The van der Waals surface area contributed by atoms with Crippen molar-refractivity contribution in [2.75, 3.05) is 10.8 Å². The third-order valence-corrected chi connectivity index (χ3v) is 8.85. The zero-order chi connectivity index (χ0) is 29.7. The second kappa shape index (κ2) is 13.1. The maximum Gasteiger partial charge on any atom is 0.264 e. The fourth-order valence-electron chi connectivity index (χ4n) is 4.28. The smallest absolute Gasteiger partial charge is 0.264 e. The van der Waals surface area contributed by atoms with Crippen molar-refractivity contribution in [1.82, 2.24) is 10.2 Å². The number of nitrogens with one attached hydrogen (secondary N) is 1. The summed E-state index contributed by atoms with van der Waals surface area (Å²) in [6, 6.07) is 19.0. The number of amides is 2. The third-order valence-electron chi connectivity index (χ3n) is 6.30. The van der Waals surface area contributed by atoms with E-state index in [4.69, 9.17) is 23.2 Å². The topological polar surface area (TPSA) is 86.8 Å². The third kappa shape index (κ3) is 7.56. The van der Waals surface area contributed by atoms with Crippen LogP contribution in [0, 0.1) is 6.92 Å². The number of nitrogens with zero attached hydrogens (tertiary/aromatic N) is 2. The number of hydrogen-bond donors (Lipinski definition) is 1. The number of hydrogen-bond acceptors (Lipinski definition) is 4. The van der Waals surface area contributed by atoms with Gasteiger partial charge < -0.3 is 10.2 Å². The Balaban J connectivity index is 2.12. The fraction of sp³-hybridized carbons (Fsp3) is 0.333. The highest BCUT2D eigenvalue weighted by molar-refractivity contribution is 7.92. The highest BCUT2D eigenvalue weighted by Gasteiger charge is 2.35. The van der Waals surface area contributed by atoms with E-state index in [1.54, 1.807) is 74.5 Å².